The normalized spacial score (nSPS) is 18.6. The summed E-state index contributed by atoms with van der Waals surface area (Å²) in [5.74, 6) is 1.43. The fourth-order valence-electron chi connectivity index (χ4n) is 3.92. The van der Waals surface area contributed by atoms with Gasteiger partial charge in [-0.1, -0.05) is 55.0 Å². The van der Waals surface area contributed by atoms with Gasteiger partial charge in [0.15, 0.2) is 0 Å². The van der Waals surface area contributed by atoms with Gasteiger partial charge in [-0.2, -0.15) is 10.1 Å². The first kappa shape index (κ1) is 18.2. The summed E-state index contributed by atoms with van der Waals surface area (Å²) in [4.78, 5) is 19.1. The topological polar surface area (TPSA) is 60.2 Å². The number of amides is 1. The van der Waals surface area contributed by atoms with E-state index in [-0.39, 0.29) is 18.0 Å². The lowest BCUT2D eigenvalue weighted by molar-refractivity contribution is -0.119. The first-order valence-corrected chi connectivity index (χ1v) is 9.55. The van der Waals surface area contributed by atoms with Crippen LogP contribution in [0.25, 0.3) is 0 Å². The van der Waals surface area contributed by atoms with E-state index in [1.54, 1.807) is 12.0 Å². The lowest BCUT2D eigenvalue weighted by Crippen LogP contribution is -2.42. The number of para-hydroxylation sites is 1. The number of methoxy groups -OCH3 is 1. The predicted molar refractivity (Wildman–Crippen MR) is 107 cm³/mol. The van der Waals surface area contributed by atoms with Crippen molar-refractivity contribution in [2.45, 2.75) is 38.8 Å². The molecule has 1 amide bonds. The van der Waals surface area contributed by atoms with Crippen LogP contribution >= 0.6 is 0 Å². The predicted octanol–water partition coefficient (Wildman–Crippen LogP) is 4.07. The summed E-state index contributed by atoms with van der Waals surface area (Å²) in [5, 5.41) is 4.46. The average molecular weight is 376 g/mol. The summed E-state index contributed by atoms with van der Waals surface area (Å²) in [6.45, 7) is 3.94. The highest BCUT2D eigenvalue weighted by Gasteiger charge is 2.39. The van der Waals surface area contributed by atoms with Crippen LogP contribution in [0.15, 0.2) is 54.9 Å². The maximum atomic E-state index is 12.9. The van der Waals surface area contributed by atoms with Gasteiger partial charge in [0.1, 0.15) is 12.1 Å². The van der Waals surface area contributed by atoms with E-state index >= 15 is 0 Å². The molecule has 0 radical (unpaired) electrons. The number of ether oxygens (including phenoxy) is 1. The zero-order valence-electron chi connectivity index (χ0n) is 16.4. The van der Waals surface area contributed by atoms with E-state index < -0.39 is 0 Å². The van der Waals surface area contributed by atoms with Gasteiger partial charge in [-0.25, -0.2) is 4.68 Å². The largest absolute Gasteiger partial charge is 0.496 e. The van der Waals surface area contributed by atoms with Crippen molar-refractivity contribution < 1.29 is 9.53 Å². The fraction of sp³-hybridized carbons (Fsp3) is 0.318. The second-order valence-electron chi connectivity index (χ2n) is 7.04. The Morgan fingerprint density at radius 1 is 1.14 bits per heavy atom. The molecule has 0 unspecified atom stereocenters. The van der Waals surface area contributed by atoms with Crippen molar-refractivity contribution in [2.24, 2.45) is 0 Å². The SMILES string of the molecule is CCC(=O)N1c2ncnn2[C@H](c2ccccc2OC)C[C@@H]1c1ccc(C)cc1. The summed E-state index contributed by atoms with van der Waals surface area (Å²) < 4.78 is 7.44. The average Bonchev–Trinajstić information content (AvgIpc) is 3.22. The third-order valence-corrected chi connectivity index (χ3v) is 5.35. The van der Waals surface area contributed by atoms with E-state index in [4.69, 9.17) is 4.74 Å². The molecule has 0 fully saturated rings. The Labute approximate surface area is 164 Å². The summed E-state index contributed by atoms with van der Waals surface area (Å²) >= 11 is 0. The van der Waals surface area contributed by atoms with Crippen molar-refractivity contribution in [2.75, 3.05) is 12.0 Å². The van der Waals surface area contributed by atoms with Crippen molar-refractivity contribution in [3.63, 3.8) is 0 Å². The molecular weight excluding hydrogens is 352 g/mol. The first-order chi connectivity index (χ1) is 13.6. The fourth-order valence-corrected chi connectivity index (χ4v) is 3.92. The second kappa shape index (κ2) is 7.46. The van der Waals surface area contributed by atoms with Gasteiger partial charge in [0.25, 0.3) is 0 Å². The van der Waals surface area contributed by atoms with Crippen LogP contribution in [-0.2, 0) is 4.79 Å². The van der Waals surface area contributed by atoms with Crippen LogP contribution in [0, 0.1) is 6.92 Å². The highest BCUT2D eigenvalue weighted by Crippen LogP contribution is 2.44. The number of carbonyl (C=O) groups is 1. The van der Waals surface area contributed by atoms with Crippen molar-refractivity contribution in [1.82, 2.24) is 14.8 Å². The number of carbonyl (C=O) groups excluding carboxylic acids is 1. The Balaban J connectivity index is 1.86. The number of fused-ring (bicyclic) bond motifs is 1. The first-order valence-electron chi connectivity index (χ1n) is 9.55. The van der Waals surface area contributed by atoms with Gasteiger partial charge in [0, 0.05) is 12.0 Å². The quantitative estimate of drug-likeness (QED) is 0.689. The molecule has 144 valence electrons. The molecule has 0 spiro atoms. The number of nitrogens with zero attached hydrogens (tertiary/aromatic N) is 4. The minimum atomic E-state index is -0.111. The Kier molecular flexibility index (Phi) is 4.86. The molecule has 1 aromatic heterocycles. The molecule has 0 saturated heterocycles. The highest BCUT2D eigenvalue weighted by molar-refractivity contribution is 5.92. The molecule has 1 aliphatic heterocycles. The third kappa shape index (κ3) is 3.05. The standard InChI is InChI=1S/C22H24N4O2/c1-4-21(27)25-18(16-11-9-15(2)10-12-16)13-19(26-22(25)23-14-24-26)17-7-5-6-8-20(17)28-3/h5-12,14,18-19H,4,13H2,1-3H3/t18-,19+/m1/s1. The van der Waals surface area contributed by atoms with Gasteiger partial charge < -0.3 is 4.74 Å². The van der Waals surface area contributed by atoms with E-state index in [9.17, 15) is 4.79 Å². The molecule has 28 heavy (non-hydrogen) atoms. The van der Waals surface area contributed by atoms with Gasteiger partial charge in [0.05, 0.1) is 19.2 Å². The zero-order valence-corrected chi connectivity index (χ0v) is 16.4. The monoisotopic (exact) mass is 376 g/mol. The van der Waals surface area contributed by atoms with Crippen LogP contribution in [0.4, 0.5) is 5.95 Å². The maximum Gasteiger partial charge on any atom is 0.231 e. The molecule has 1 aliphatic rings. The lowest BCUT2D eigenvalue weighted by atomic mass is 9.91. The number of anilines is 1. The molecule has 4 rings (SSSR count). The van der Waals surface area contributed by atoms with Gasteiger partial charge in [-0.15, -0.1) is 0 Å². The van der Waals surface area contributed by atoms with Gasteiger partial charge in [-0.05, 0) is 25.0 Å². The minimum Gasteiger partial charge on any atom is -0.496 e. The number of benzene rings is 2. The van der Waals surface area contributed by atoms with Crippen LogP contribution in [0.1, 0.15) is 48.5 Å². The Bertz CT molecular complexity index is 980. The Morgan fingerprint density at radius 2 is 1.89 bits per heavy atom. The number of aryl methyl sites for hydroxylation is 1. The van der Waals surface area contributed by atoms with Gasteiger partial charge >= 0.3 is 0 Å². The smallest absolute Gasteiger partial charge is 0.231 e. The number of rotatable bonds is 4. The summed E-state index contributed by atoms with van der Waals surface area (Å²) in [5.41, 5.74) is 3.33. The molecule has 2 aromatic carbocycles. The van der Waals surface area contributed by atoms with Gasteiger partial charge in [0.2, 0.25) is 11.9 Å². The van der Waals surface area contributed by atoms with Crippen molar-refractivity contribution in [3.05, 3.63) is 71.5 Å². The van der Waals surface area contributed by atoms with Crippen LogP contribution in [0.2, 0.25) is 0 Å². The maximum absolute atomic E-state index is 12.9. The minimum absolute atomic E-state index is 0.0401. The molecule has 3 aromatic rings. The lowest BCUT2D eigenvalue weighted by Gasteiger charge is -2.39. The summed E-state index contributed by atoms with van der Waals surface area (Å²) in [6.07, 6.45) is 2.63. The molecule has 2 atom stereocenters. The van der Waals surface area contributed by atoms with E-state index in [1.165, 1.54) is 11.9 Å². The Hall–Kier alpha value is -3.15. The van der Waals surface area contributed by atoms with E-state index in [0.29, 0.717) is 18.8 Å². The number of hydrogen-bond acceptors (Lipinski definition) is 4. The number of hydrogen-bond donors (Lipinski definition) is 0. The number of aromatic nitrogens is 3. The van der Waals surface area contributed by atoms with Crippen molar-refractivity contribution >= 4 is 11.9 Å². The van der Waals surface area contributed by atoms with Crippen LogP contribution in [0.3, 0.4) is 0 Å². The molecule has 0 bridgehead atoms. The van der Waals surface area contributed by atoms with E-state index in [1.807, 2.05) is 29.8 Å². The molecule has 0 saturated carbocycles. The van der Waals surface area contributed by atoms with E-state index in [0.717, 1.165) is 16.9 Å². The third-order valence-electron chi connectivity index (χ3n) is 5.35. The second-order valence-corrected chi connectivity index (χ2v) is 7.04. The van der Waals surface area contributed by atoms with Crippen LogP contribution < -0.4 is 9.64 Å². The van der Waals surface area contributed by atoms with Gasteiger partial charge in [-0.3, -0.25) is 9.69 Å². The molecule has 2 heterocycles. The van der Waals surface area contributed by atoms with Crippen LogP contribution in [-0.4, -0.2) is 27.8 Å². The Morgan fingerprint density at radius 3 is 2.61 bits per heavy atom. The van der Waals surface area contributed by atoms with Crippen molar-refractivity contribution in [3.8, 4) is 5.75 Å². The highest BCUT2D eigenvalue weighted by atomic mass is 16.5. The summed E-state index contributed by atoms with van der Waals surface area (Å²) in [7, 11) is 1.67. The van der Waals surface area contributed by atoms with E-state index in [2.05, 4.69) is 47.3 Å². The molecule has 0 aliphatic carbocycles. The zero-order chi connectivity index (χ0) is 19.7. The molecular formula is C22H24N4O2. The van der Waals surface area contributed by atoms with Crippen LogP contribution in [0.5, 0.6) is 5.75 Å². The van der Waals surface area contributed by atoms with Crippen molar-refractivity contribution in [1.29, 1.82) is 0 Å². The summed E-state index contributed by atoms with van der Waals surface area (Å²) in [6, 6.07) is 16.2. The molecule has 0 N–H and O–H groups in total. The molecule has 6 heteroatoms. The molecule has 6 nitrogen and oxygen atoms in total.